The maximum atomic E-state index is 12.2. The van der Waals surface area contributed by atoms with Crippen LogP contribution in [0.5, 0.6) is 0 Å². The highest BCUT2D eigenvalue weighted by molar-refractivity contribution is 5.92. The number of amides is 1. The molecule has 0 aromatic carbocycles. The minimum atomic E-state index is -0.150. The smallest absolute Gasteiger partial charge is 0.272 e. The molecule has 1 amide bonds. The Morgan fingerprint density at radius 2 is 1.85 bits per heavy atom. The third-order valence-electron chi connectivity index (χ3n) is 4.75. The highest BCUT2D eigenvalue weighted by Gasteiger charge is 2.65. The lowest BCUT2D eigenvalue weighted by Gasteiger charge is -2.07. The molecule has 2 N–H and O–H groups in total. The fourth-order valence-electron chi connectivity index (χ4n) is 2.56. The van der Waals surface area contributed by atoms with Gasteiger partial charge in [0.1, 0.15) is 5.82 Å². The predicted octanol–water partition coefficient (Wildman–Crippen LogP) is 2.46. The quantitative estimate of drug-likeness (QED) is 0.867. The van der Waals surface area contributed by atoms with Gasteiger partial charge in [-0.3, -0.25) is 4.79 Å². The summed E-state index contributed by atoms with van der Waals surface area (Å²) in [5.74, 6) is 0.554. The van der Waals surface area contributed by atoms with Crippen molar-refractivity contribution in [2.45, 2.75) is 47.1 Å². The number of carbonyl (C=O) groups excluding carboxylic acids is 1. The van der Waals surface area contributed by atoms with Crippen molar-refractivity contribution in [2.24, 2.45) is 10.8 Å². The SMILES string of the molecule is CCCNc1ccc(C(=O)NC2C(C)(C)C2(C)C)nn1. The van der Waals surface area contributed by atoms with Crippen LogP contribution < -0.4 is 10.6 Å². The van der Waals surface area contributed by atoms with Crippen molar-refractivity contribution in [1.82, 2.24) is 15.5 Å². The van der Waals surface area contributed by atoms with Crippen LogP contribution in [-0.4, -0.2) is 28.7 Å². The van der Waals surface area contributed by atoms with Crippen LogP contribution in [0.2, 0.25) is 0 Å². The zero-order chi connectivity index (χ0) is 15.0. The molecule has 1 aromatic heterocycles. The molecule has 20 heavy (non-hydrogen) atoms. The number of hydrogen-bond acceptors (Lipinski definition) is 4. The van der Waals surface area contributed by atoms with E-state index in [1.807, 2.05) is 0 Å². The molecular weight excluding hydrogens is 252 g/mol. The molecule has 1 aliphatic carbocycles. The van der Waals surface area contributed by atoms with Crippen LogP contribution in [0.15, 0.2) is 12.1 Å². The van der Waals surface area contributed by atoms with Crippen LogP contribution in [0, 0.1) is 10.8 Å². The molecule has 1 aromatic rings. The van der Waals surface area contributed by atoms with Gasteiger partial charge in [-0.25, -0.2) is 0 Å². The minimum Gasteiger partial charge on any atom is -0.369 e. The summed E-state index contributed by atoms with van der Waals surface area (Å²) in [5.41, 5.74) is 0.614. The van der Waals surface area contributed by atoms with Crippen LogP contribution in [0.3, 0.4) is 0 Å². The van der Waals surface area contributed by atoms with Gasteiger partial charge in [0.05, 0.1) is 0 Å². The molecule has 110 valence electrons. The Morgan fingerprint density at radius 3 is 2.30 bits per heavy atom. The maximum Gasteiger partial charge on any atom is 0.272 e. The van der Waals surface area contributed by atoms with E-state index in [4.69, 9.17) is 0 Å². The molecule has 0 bridgehead atoms. The van der Waals surface area contributed by atoms with Crippen molar-refractivity contribution in [2.75, 3.05) is 11.9 Å². The fraction of sp³-hybridized carbons (Fsp3) is 0.667. The van der Waals surface area contributed by atoms with Crippen molar-refractivity contribution in [1.29, 1.82) is 0 Å². The minimum absolute atomic E-state index is 0.124. The molecule has 0 saturated heterocycles. The monoisotopic (exact) mass is 276 g/mol. The molecule has 5 nitrogen and oxygen atoms in total. The summed E-state index contributed by atoms with van der Waals surface area (Å²) < 4.78 is 0. The van der Waals surface area contributed by atoms with Gasteiger partial charge in [0, 0.05) is 12.6 Å². The topological polar surface area (TPSA) is 66.9 Å². The van der Waals surface area contributed by atoms with Gasteiger partial charge in [0.2, 0.25) is 0 Å². The number of nitrogens with zero attached hydrogens (tertiary/aromatic N) is 2. The van der Waals surface area contributed by atoms with Crippen LogP contribution in [0.4, 0.5) is 5.82 Å². The summed E-state index contributed by atoms with van der Waals surface area (Å²) in [6.45, 7) is 11.6. The predicted molar refractivity (Wildman–Crippen MR) is 79.6 cm³/mol. The summed E-state index contributed by atoms with van der Waals surface area (Å²) in [6, 6.07) is 3.69. The summed E-state index contributed by atoms with van der Waals surface area (Å²) in [5, 5.41) is 14.2. The van der Waals surface area contributed by atoms with E-state index in [1.54, 1.807) is 12.1 Å². The first-order valence-corrected chi connectivity index (χ1v) is 7.19. The second-order valence-electron chi connectivity index (χ2n) is 6.58. The zero-order valence-electron chi connectivity index (χ0n) is 12.9. The highest BCUT2D eigenvalue weighted by atomic mass is 16.2. The van der Waals surface area contributed by atoms with Gasteiger partial charge in [-0.1, -0.05) is 34.6 Å². The highest BCUT2D eigenvalue weighted by Crippen LogP contribution is 2.62. The molecule has 0 aliphatic heterocycles. The number of aromatic nitrogens is 2. The molecule has 0 spiro atoms. The molecule has 1 aliphatic rings. The Labute approximate surface area is 120 Å². The lowest BCUT2D eigenvalue weighted by molar-refractivity contribution is 0.0937. The second-order valence-corrected chi connectivity index (χ2v) is 6.58. The van der Waals surface area contributed by atoms with Crippen molar-refractivity contribution in [3.63, 3.8) is 0 Å². The van der Waals surface area contributed by atoms with Crippen molar-refractivity contribution in [3.05, 3.63) is 17.8 Å². The Balaban J connectivity index is 1.97. The van der Waals surface area contributed by atoms with E-state index in [9.17, 15) is 4.79 Å². The molecule has 5 heteroatoms. The molecule has 0 atom stereocenters. The normalized spacial score (nSPS) is 19.4. The van der Waals surface area contributed by atoms with E-state index in [0.29, 0.717) is 11.5 Å². The Morgan fingerprint density at radius 1 is 1.20 bits per heavy atom. The number of nitrogens with one attached hydrogen (secondary N) is 2. The number of anilines is 1. The number of carbonyl (C=O) groups is 1. The standard InChI is InChI=1S/C15H24N4O/c1-6-9-16-11-8-7-10(18-19-11)12(20)17-13-14(2,3)15(13,4)5/h7-8,13H,6,9H2,1-5H3,(H,16,19)(H,17,20). The lowest BCUT2D eigenvalue weighted by Crippen LogP contribution is -2.30. The van der Waals surface area contributed by atoms with Gasteiger partial charge in [0.15, 0.2) is 5.69 Å². The molecule has 1 saturated carbocycles. The third kappa shape index (κ3) is 2.49. The Bertz CT molecular complexity index is 479. The molecule has 1 heterocycles. The van der Waals surface area contributed by atoms with E-state index in [2.05, 4.69) is 55.4 Å². The molecule has 2 rings (SSSR count). The Hall–Kier alpha value is -1.65. The number of rotatable bonds is 5. The van der Waals surface area contributed by atoms with Crippen molar-refractivity contribution >= 4 is 11.7 Å². The average molecular weight is 276 g/mol. The van der Waals surface area contributed by atoms with Crippen LogP contribution in [0.1, 0.15) is 51.5 Å². The van der Waals surface area contributed by atoms with Crippen LogP contribution in [-0.2, 0) is 0 Å². The summed E-state index contributed by atoms with van der Waals surface area (Å²) >= 11 is 0. The molecule has 0 radical (unpaired) electrons. The maximum absolute atomic E-state index is 12.2. The summed E-state index contributed by atoms with van der Waals surface area (Å²) in [7, 11) is 0. The van der Waals surface area contributed by atoms with E-state index in [-0.39, 0.29) is 22.8 Å². The number of hydrogen-bond donors (Lipinski definition) is 2. The lowest BCUT2D eigenvalue weighted by atomic mass is 10.0. The molecule has 0 unspecified atom stereocenters. The van der Waals surface area contributed by atoms with E-state index >= 15 is 0 Å². The zero-order valence-corrected chi connectivity index (χ0v) is 12.9. The van der Waals surface area contributed by atoms with Crippen LogP contribution >= 0.6 is 0 Å². The molecule has 1 fully saturated rings. The van der Waals surface area contributed by atoms with Crippen molar-refractivity contribution in [3.8, 4) is 0 Å². The van der Waals surface area contributed by atoms with Crippen LogP contribution in [0.25, 0.3) is 0 Å². The largest absolute Gasteiger partial charge is 0.369 e. The van der Waals surface area contributed by atoms with Gasteiger partial charge in [-0.15, -0.1) is 10.2 Å². The van der Waals surface area contributed by atoms with Gasteiger partial charge in [0.25, 0.3) is 5.91 Å². The van der Waals surface area contributed by atoms with E-state index < -0.39 is 0 Å². The average Bonchev–Trinajstić information content (AvgIpc) is 2.79. The first kappa shape index (κ1) is 14.8. The first-order chi connectivity index (χ1) is 9.30. The van der Waals surface area contributed by atoms with Crippen molar-refractivity contribution < 1.29 is 4.79 Å². The Kier molecular flexibility index (Phi) is 3.71. The second kappa shape index (κ2) is 5.04. The summed E-state index contributed by atoms with van der Waals surface area (Å²) in [6.07, 6.45) is 1.02. The fourth-order valence-corrected chi connectivity index (χ4v) is 2.56. The van der Waals surface area contributed by atoms with Gasteiger partial charge < -0.3 is 10.6 Å². The first-order valence-electron chi connectivity index (χ1n) is 7.19. The van der Waals surface area contributed by atoms with Gasteiger partial charge >= 0.3 is 0 Å². The summed E-state index contributed by atoms with van der Waals surface area (Å²) in [4.78, 5) is 12.2. The van der Waals surface area contributed by atoms with Gasteiger partial charge in [-0.2, -0.15) is 0 Å². The van der Waals surface area contributed by atoms with E-state index in [0.717, 1.165) is 13.0 Å². The third-order valence-corrected chi connectivity index (χ3v) is 4.75. The van der Waals surface area contributed by atoms with E-state index in [1.165, 1.54) is 0 Å². The molecular formula is C15H24N4O. The van der Waals surface area contributed by atoms with Gasteiger partial charge in [-0.05, 0) is 29.4 Å².